The molecular weight excluding hydrogens is 272 g/mol. The Bertz CT molecular complexity index is 501. The topological polar surface area (TPSA) is 52.0 Å². The lowest BCUT2D eigenvalue weighted by molar-refractivity contribution is 0.112. The van der Waals surface area contributed by atoms with E-state index in [9.17, 15) is 0 Å². The molecule has 0 saturated carbocycles. The number of rotatable bonds is 7. The van der Waals surface area contributed by atoms with E-state index in [2.05, 4.69) is 47.8 Å². The van der Waals surface area contributed by atoms with Gasteiger partial charge in [-0.3, -0.25) is 0 Å². The van der Waals surface area contributed by atoms with Gasteiger partial charge in [-0.05, 0) is 32.2 Å². The molecule has 2 aromatic heterocycles. The van der Waals surface area contributed by atoms with E-state index in [4.69, 9.17) is 4.74 Å². The molecule has 0 spiro atoms. The summed E-state index contributed by atoms with van der Waals surface area (Å²) in [6, 6.07) is 4.12. The second-order valence-electron chi connectivity index (χ2n) is 5.71. The van der Waals surface area contributed by atoms with Crippen LogP contribution in [0.25, 0.3) is 0 Å². The number of hydrogen-bond donors (Lipinski definition) is 1. The van der Waals surface area contributed by atoms with E-state index in [0.717, 1.165) is 18.8 Å². The first-order valence-electron chi connectivity index (χ1n) is 6.77. The first kappa shape index (κ1) is 15.2. The van der Waals surface area contributed by atoms with Crippen LogP contribution in [0, 0.1) is 0 Å². The molecule has 20 heavy (non-hydrogen) atoms. The monoisotopic (exact) mass is 294 g/mol. The second kappa shape index (κ2) is 6.97. The van der Waals surface area contributed by atoms with Crippen molar-refractivity contribution in [1.29, 1.82) is 0 Å². The number of hydrogen-bond acceptors (Lipinski definition) is 5. The van der Waals surface area contributed by atoms with Crippen molar-refractivity contribution in [2.75, 3.05) is 6.61 Å². The summed E-state index contributed by atoms with van der Waals surface area (Å²) in [6.07, 6.45) is 1.97. The standard InChI is InChI=1S/C14H22N4OS/c1-14(2,3)15-9-12-10-18(17-16-12)6-7-19-11-13-5-4-8-20-13/h4-5,8,10,15H,6-7,9,11H2,1-3H3. The highest BCUT2D eigenvalue weighted by Crippen LogP contribution is 2.09. The maximum Gasteiger partial charge on any atom is 0.0965 e. The minimum atomic E-state index is 0.0909. The summed E-state index contributed by atoms with van der Waals surface area (Å²) in [5.74, 6) is 0. The van der Waals surface area contributed by atoms with E-state index in [1.54, 1.807) is 11.3 Å². The number of ether oxygens (including phenoxy) is 1. The van der Waals surface area contributed by atoms with Gasteiger partial charge in [-0.1, -0.05) is 11.3 Å². The van der Waals surface area contributed by atoms with Crippen molar-refractivity contribution in [3.8, 4) is 0 Å². The average molecular weight is 294 g/mol. The van der Waals surface area contributed by atoms with Gasteiger partial charge in [0, 0.05) is 23.2 Å². The molecule has 0 aromatic carbocycles. The lowest BCUT2D eigenvalue weighted by Gasteiger charge is -2.19. The Balaban J connectivity index is 1.67. The van der Waals surface area contributed by atoms with Crippen LogP contribution in [-0.2, 0) is 24.4 Å². The average Bonchev–Trinajstić information content (AvgIpc) is 3.03. The molecule has 2 heterocycles. The molecule has 0 radical (unpaired) electrons. The van der Waals surface area contributed by atoms with Gasteiger partial charge >= 0.3 is 0 Å². The van der Waals surface area contributed by atoms with Crippen LogP contribution in [0.15, 0.2) is 23.7 Å². The van der Waals surface area contributed by atoms with Gasteiger partial charge in [0.1, 0.15) is 0 Å². The molecule has 0 unspecified atom stereocenters. The smallest absolute Gasteiger partial charge is 0.0965 e. The molecule has 0 saturated heterocycles. The minimum absolute atomic E-state index is 0.0909. The first-order valence-corrected chi connectivity index (χ1v) is 7.65. The summed E-state index contributed by atoms with van der Waals surface area (Å²) in [5, 5.41) is 13.7. The van der Waals surface area contributed by atoms with Gasteiger partial charge in [0.25, 0.3) is 0 Å². The van der Waals surface area contributed by atoms with Crippen molar-refractivity contribution in [3.63, 3.8) is 0 Å². The zero-order valence-electron chi connectivity index (χ0n) is 12.3. The normalized spacial score (nSPS) is 11.9. The van der Waals surface area contributed by atoms with E-state index >= 15 is 0 Å². The van der Waals surface area contributed by atoms with Gasteiger partial charge in [0.05, 0.1) is 25.5 Å². The van der Waals surface area contributed by atoms with Crippen LogP contribution in [0.2, 0.25) is 0 Å². The maximum atomic E-state index is 5.61. The fourth-order valence-corrected chi connectivity index (χ4v) is 2.25. The molecule has 0 fully saturated rings. The maximum absolute atomic E-state index is 5.61. The van der Waals surface area contributed by atoms with Gasteiger partial charge < -0.3 is 10.1 Å². The van der Waals surface area contributed by atoms with Gasteiger partial charge in [0.2, 0.25) is 0 Å². The molecule has 5 nitrogen and oxygen atoms in total. The van der Waals surface area contributed by atoms with E-state index < -0.39 is 0 Å². The predicted molar refractivity (Wildman–Crippen MR) is 80.6 cm³/mol. The number of nitrogens with one attached hydrogen (secondary N) is 1. The second-order valence-corrected chi connectivity index (χ2v) is 6.74. The third kappa shape index (κ3) is 5.40. The van der Waals surface area contributed by atoms with Crippen molar-refractivity contribution >= 4 is 11.3 Å². The first-order chi connectivity index (χ1) is 9.53. The Labute approximate surface area is 124 Å². The van der Waals surface area contributed by atoms with E-state index in [0.29, 0.717) is 13.2 Å². The zero-order chi connectivity index (χ0) is 14.4. The molecule has 0 amide bonds. The van der Waals surface area contributed by atoms with E-state index in [1.165, 1.54) is 4.88 Å². The van der Waals surface area contributed by atoms with Crippen molar-refractivity contribution in [1.82, 2.24) is 20.3 Å². The van der Waals surface area contributed by atoms with Gasteiger partial charge in [-0.2, -0.15) is 0 Å². The van der Waals surface area contributed by atoms with Crippen molar-refractivity contribution < 1.29 is 4.74 Å². The van der Waals surface area contributed by atoms with Crippen LogP contribution >= 0.6 is 11.3 Å². The summed E-state index contributed by atoms with van der Waals surface area (Å²) in [4.78, 5) is 1.25. The third-order valence-corrected chi connectivity index (χ3v) is 3.52. The summed E-state index contributed by atoms with van der Waals surface area (Å²) in [6.45, 7) is 9.19. The lowest BCUT2D eigenvalue weighted by atomic mass is 10.1. The molecule has 2 rings (SSSR count). The van der Waals surface area contributed by atoms with E-state index in [1.807, 2.05) is 16.9 Å². The molecule has 0 aliphatic heterocycles. The number of nitrogens with zero attached hydrogens (tertiary/aromatic N) is 3. The van der Waals surface area contributed by atoms with Crippen molar-refractivity contribution in [2.45, 2.75) is 46.0 Å². The molecule has 1 N–H and O–H groups in total. The molecular formula is C14H22N4OS. The van der Waals surface area contributed by atoms with Gasteiger partial charge in [0.15, 0.2) is 0 Å². The molecule has 0 bridgehead atoms. The van der Waals surface area contributed by atoms with Crippen LogP contribution < -0.4 is 5.32 Å². The largest absolute Gasteiger partial charge is 0.374 e. The number of aromatic nitrogens is 3. The predicted octanol–water partition coefficient (Wildman–Crippen LogP) is 2.44. The fourth-order valence-electron chi connectivity index (χ4n) is 1.61. The summed E-state index contributed by atoms with van der Waals surface area (Å²) in [5.41, 5.74) is 1.05. The quantitative estimate of drug-likeness (QED) is 0.797. The van der Waals surface area contributed by atoms with Crippen molar-refractivity contribution in [2.24, 2.45) is 0 Å². The van der Waals surface area contributed by atoms with Gasteiger partial charge in [-0.25, -0.2) is 4.68 Å². The van der Waals surface area contributed by atoms with Crippen LogP contribution in [0.4, 0.5) is 0 Å². The molecule has 0 aliphatic rings. The molecule has 0 aliphatic carbocycles. The summed E-state index contributed by atoms with van der Waals surface area (Å²) in [7, 11) is 0. The SMILES string of the molecule is CC(C)(C)NCc1cn(CCOCc2cccs2)nn1. The Morgan fingerprint density at radius 1 is 1.40 bits per heavy atom. The Hall–Kier alpha value is -1.24. The van der Waals surface area contributed by atoms with Crippen LogP contribution in [0.3, 0.4) is 0 Å². The molecule has 6 heteroatoms. The highest BCUT2D eigenvalue weighted by atomic mass is 32.1. The molecule has 110 valence electrons. The van der Waals surface area contributed by atoms with Crippen LogP contribution in [0.1, 0.15) is 31.3 Å². The van der Waals surface area contributed by atoms with Crippen molar-refractivity contribution in [3.05, 3.63) is 34.3 Å². The molecule has 0 atom stereocenters. The Kier molecular flexibility index (Phi) is 5.28. The molecule has 2 aromatic rings. The zero-order valence-corrected chi connectivity index (χ0v) is 13.1. The number of thiophene rings is 1. The van der Waals surface area contributed by atoms with Crippen LogP contribution in [-0.4, -0.2) is 27.1 Å². The Morgan fingerprint density at radius 3 is 2.95 bits per heavy atom. The summed E-state index contributed by atoms with van der Waals surface area (Å²) >= 11 is 1.71. The van der Waals surface area contributed by atoms with E-state index in [-0.39, 0.29) is 5.54 Å². The summed E-state index contributed by atoms with van der Waals surface area (Å²) < 4.78 is 7.44. The lowest BCUT2D eigenvalue weighted by Crippen LogP contribution is -2.35. The van der Waals surface area contributed by atoms with Gasteiger partial charge in [-0.15, -0.1) is 16.4 Å². The minimum Gasteiger partial charge on any atom is -0.374 e. The highest BCUT2D eigenvalue weighted by molar-refractivity contribution is 7.09. The Morgan fingerprint density at radius 2 is 2.25 bits per heavy atom. The fraction of sp³-hybridized carbons (Fsp3) is 0.571. The third-order valence-electron chi connectivity index (χ3n) is 2.68. The van der Waals surface area contributed by atoms with Crippen LogP contribution in [0.5, 0.6) is 0 Å². The highest BCUT2D eigenvalue weighted by Gasteiger charge is 2.09.